The molecule has 0 saturated carbocycles. The summed E-state index contributed by atoms with van der Waals surface area (Å²) in [7, 11) is 1.84. The summed E-state index contributed by atoms with van der Waals surface area (Å²) in [4.78, 5) is 23.9. The smallest absolute Gasteiger partial charge is 0.239 e. The molecule has 1 aliphatic heterocycles. The number of hydrogen-bond acceptors (Lipinski definition) is 5. The third-order valence-electron chi connectivity index (χ3n) is 4.11. The first kappa shape index (κ1) is 19.7. The molecule has 2 N–H and O–H groups in total. The Morgan fingerprint density at radius 2 is 2.28 bits per heavy atom. The van der Waals surface area contributed by atoms with Gasteiger partial charge < -0.3 is 10.2 Å². The Morgan fingerprint density at radius 3 is 2.88 bits per heavy atom. The van der Waals surface area contributed by atoms with Crippen molar-refractivity contribution in [1.29, 1.82) is 0 Å². The highest BCUT2D eigenvalue weighted by molar-refractivity contribution is 6.29. The minimum Gasteiger partial charge on any atom is -0.337 e. The maximum atomic E-state index is 12.6. The second-order valence-electron chi connectivity index (χ2n) is 6.61. The minimum atomic E-state index is -0.115. The van der Waals surface area contributed by atoms with Crippen molar-refractivity contribution in [3.63, 3.8) is 0 Å². The highest BCUT2D eigenvalue weighted by Gasteiger charge is 2.25. The molecule has 7 heteroatoms. The number of nitrogens with zero attached hydrogens (tertiary/aromatic N) is 2. The monoisotopic (exact) mass is 366 g/mol. The number of halogens is 1. The van der Waals surface area contributed by atoms with Crippen molar-refractivity contribution in [2.75, 3.05) is 20.1 Å². The van der Waals surface area contributed by atoms with Crippen LogP contribution in [0.5, 0.6) is 0 Å². The molecule has 138 valence electrons. The zero-order valence-electron chi connectivity index (χ0n) is 15.1. The molecular formula is C18H27ClN4O2. The van der Waals surface area contributed by atoms with Crippen molar-refractivity contribution in [2.24, 2.45) is 5.92 Å². The van der Waals surface area contributed by atoms with Crippen LogP contribution in [0, 0.1) is 5.92 Å². The molecule has 1 aromatic rings. The number of rotatable bonds is 8. The van der Waals surface area contributed by atoms with Gasteiger partial charge in [-0.2, -0.15) is 0 Å². The average Bonchev–Trinajstić information content (AvgIpc) is 2.59. The fourth-order valence-corrected chi connectivity index (χ4v) is 2.94. The number of carbonyl (C=O) groups is 1. The van der Waals surface area contributed by atoms with Crippen molar-refractivity contribution in [1.82, 2.24) is 20.7 Å². The van der Waals surface area contributed by atoms with E-state index in [1.165, 1.54) is 0 Å². The Kier molecular flexibility index (Phi) is 7.68. The number of amides is 1. The van der Waals surface area contributed by atoms with Gasteiger partial charge in [0.2, 0.25) is 5.91 Å². The van der Waals surface area contributed by atoms with Gasteiger partial charge in [0.25, 0.3) is 0 Å². The van der Waals surface area contributed by atoms with E-state index in [1.807, 2.05) is 24.1 Å². The van der Waals surface area contributed by atoms with Crippen LogP contribution in [0.2, 0.25) is 5.15 Å². The Balaban J connectivity index is 1.78. The van der Waals surface area contributed by atoms with Crippen LogP contribution < -0.4 is 10.8 Å². The lowest BCUT2D eigenvalue weighted by atomic mass is 10.0. The summed E-state index contributed by atoms with van der Waals surface area (Å²) in [6.07, 6.45) is 5.25. The number of likely N-dealkylation sites (N-methyl/N-ethyl adjacent to an activating group) is 1. The molecular weight excluding hydrogens is 340 g/mol. The number of nitrogens with one attached hydrogen (secondary N) is 2. The normalized spacial score (nSPS) is 15.9. The quantitative estimate of drug-likeness (QED) is 0.546. The van der Waals surface area contributed by atoms with Gasteiger partial charge in [0.05, 0.1) is 12.6 Å². The van der Waals surface area contributed by atoms with E-state index in [0.717, 1.165) is 24.1 Å². The van der Waals surface area contributed by atoms with Gasteiger partial charge in [-0.1, -0.05) is 25.4 Å². The maximum absolute atomic E-state index is 12.6. The van der Waals surface area contributed by atoms with Crippen LogP contribution in [0.3, 0.4) is 0 Å². The van der Waals surface area contributed by atoms with Crippen molar-refractivity contribution >= 4 is 17.5 Å². The maximum Gasteiger partial charge on any atom is 0.239 e. The molecule has 2 heterocycles. The molecule has 0 radical (unpaired) electrons. The predicted molar refractivity (Wildman–Crippen MR) is 98.8 cm³/mol. The van der Waals surface area contributed by atoms with Gasteiger partial charge in [0, 0.05) is 31.4 Å². The second-order valence-corrected chi connectivity index (χ2v) is 7.00. The first-order valence-electron chi connectivity index (χ1n) is 8.63. The first-order valence-corrected chi connectivity index (χ1v) is 9.00. The third-order valence-corrected chi connectivity index (χ3v) is 4.31. The topological polar surface area (TPSA) is 66.5 Å². The third kappa shape index (κ3) is 6.30. The van der Waals surface area contributed by atoms with Crippen LogP contribution in [0.25, 0.3) is 0 Å². The second kappa shape index (κ2) is 9.75. The largest absolute Gasteiger partial charge is 0.337 e. The molecule has 1 aliphatic rings. The number of aromatic nitrogens is 1. The van der Waals surface area contributed by atoms with E-state index >= 15 is 0 Å². The summed E-state index contributed by atoms with van der Waals surface area (Å²) in [6.45, 7) is 5.95. The van der Waals surface area contributed by atoms with E-state index in [4.69, 9.17) is 16.4 Å². The number of carbonyl (C=O) groups excluding carboxylic acids is 1. The Hall–Kier alpha value is -1.63. The SMILES string of the molecule is CN[C@@H](CC(C)C)C(=O)N1CC=C(NOCc2ccnc(Cl)c2)CC1. The van der Waals surface area contributed by atoms with Crippen molar-refractivity contribution < 1.29 is 9.63 Å². The zero-order valence-corrected chi connectivity index (χ0v) is 15.8. The molecule has 1 atom stereocenters. The summed E-state index contributed by atoms with van der Waals surface area (Å²) >= 11 is 5.85. The van der Waals surface area contributed by atoms with Crippen LogP contribution in [-0.4, -0.2) is 42.0 Å². The van der Waals surface area contributed by atoms with E-state index in [2.05, 4.69) is 29.6 Å². The molecule has 0 bridgehead atoms. The summed E-state index contributed by atoms with van der Waals surface area (Å²) in [5.41, 5.74) is 4.91. The standard InChI is InChI=1S/C18H27ClN4O2/c1-13(2)10-16(20-3)18(24)23-8-5-15(6-9-23)22-25-12-14-4-7-21-17(19)11-14/h4-5,7,11,13,16,20,22H,6,8-10,12H2,1-3H3/t16-/m0/s1. The van der Waals surface area contributed by atoms with Gasteiger partial charge >= 0.3 is 0 Å². The molecule has 6 nitrogen and oxygen atoms in total. The molecule has 0 fully saturated rings. The summed E-state index contributed by atoms with van der Waals surface area (Å²) in [6, 6.07) is 3.51. The van der Waals surface area contributed by atoms with Crippen molar-refractivity contribution in [2.45, 2.75) is 39.3 Å². The van der Waals surface area contributed by atoms with Crippen molar-refractivity contribution in [3.8, 4) is 0 Å². The molecule has 1 aromatic heterocycles. The minimum absolute atomic E-state index is 0.115. The summed E-state index contributed by atoms with van der Waals surface area (Å²) in [5.74, 6) is 0.646. The number of pyridine rings is 1. The van der Waals surface area contributed by atoms with Gasteiger partial charge in [0.1, 0.15) is 5.15 Å². The molecule has 0 aromatic carbocycles. The van der Waals surface area contributed by atoms with Crippen molar-refractivity contribution in [3.05, 3.63) is 40.8 Å². The van der Waals surface area contributed by atoms with E-state index in [-0.39, 0.29) is 11.9 Å². The Labute approximate surface area is 154 Å². The molecule has 0 saturated heterocycles. The zero-order chi connectivity index (χ0) is 18.2. The molecule has 0 unspecified atom stereocenters. The number of hydrogen-bond donors (Lipinski definition) is 2. The Morgan fingerprint density at radius 1 is 1.48 bits per heavy atom. The van der Waals surface area contributed by atoms with E-state index < -0.39 is 0 Å². The highest BCUT2D eigenvalue weighted by atomic mass is 35.5. The lowest BCUT2D eigenvalue weighted by molar-refractivity contribution is -0.133. The van der Waals surface area contributed by atoms with Crippen LogP contribution in [0.15, 0.2) is 30.1 Å². The van der Waals surface area contributed by atoms with Crippen LogP contribution in [-0.2, 0) is 16.2 Å². The lowest BCUT2D eigenvalue weighted by Gasteiger charge is -2.30. The van der Waals surface area contributed by atoms with E-state index in [0.29, 0.717) is 30.8 Å². The van der Waals surface area contributed by atoms with Gasteiger partial charge in [-0.05, 0) is 43.2 Å². The summed E-state index contributed by atoms with van der Waals surface area (Å²) < 4.78 is 0. The fourth-order valence-electron chi connectivity index (χ4n) is 2.74. The first-order chi connectivity index (χ1) is 12.0. The summed E-state index contributed by atoms with van der Waals surface area (Å²) in [5, 5.41) is 3.58. The molecule has 1 amide bonds. The average molecular weight is 367 g/mol. The van der Waals surface area contributed by atoms with Gasteiger partial charge in [-0.25, -0.2) is 4.98 Å². The molecule has 2 rings (SSSR count). The van der Waals surface area contributed by atoms with Gasteiger partial charge in [-0.3, -0.25) is 15.1 Å². The molecule has 0 spiro atoms. The lowest BCUT2D eigenvalue weighted by Crippen LogP contribution is -2.47. The van der Waals surface area contributed by atoms with E-state index in [9.17, 15) is 4.79 Å². The Bertz CT molecular complexity index is 606. The van der Waals surface area contributed by atoms with Gasteiger partial charge in [0.15, 0.2) is 0 Å². The highest BCUT2D eigenvalue weighted by Crippen LogP contribution is 2.14. The van der Waals surface area contributed by atoms with Crippen LogP contribution >= 0.6 is 11.6 Å². The van der Waals surface area contributed by atoms with E-state index in [1.54, 1.807) is 12.3 Å². The van der Waals surface area contributed by atoms with Crippen LogP contribution in [0.1, 0.15) is 32.3 Å². The molecule has 25 heavy (non-hydrogen) atoms. The molecule has 0 aliphatic carbocycles. The number of hydroxylamine groups is 1. The van der Waals surface area contributed by atoms with Crippen LogP contribution in [0.4, 0.5) is 0 Å². The van der Waals surface area contributed by atoms with Gasteiger partial charge in [-0.15, -0.1) is 0 Å². The fraction of sp³-hybridized carbons (Fsp3) is 0.556. The predicted octanol–water partition coefficient (Wildman–Crippen LogP) is 2.51.